The third kappa shape index (κ3) is 7.87. The van der Waals surface area contributed by atoms with E-state index in [9.17, 15) is 29.2 Å². The predicted molar refractivity (Wildman–Crippen MR) is 221 cm³/mol. The van der Waals surface area contributed by atoms with Crippen LogP contribution in [0, 0.1) is 11.3 Å². The molecule has 1 aliphatic carbocycles. The quantitative estimate of drug-likeness (QED) is 0.284. The van der Waals surface area contributed by atoms with Gasteiger partial charge >= 0.3 is 0 Å². The maximum absolute atomic E-state index is 13.3. The standard InChI is InChI=1S/C44H49ClN8O5/c1-2-52(35-10-5-29(27-46)38(45)26-35)33-11-6-30(7-12-33)47-41(55)28-3-8-31(9-4-28)49-19-17-32(18-20-49)50-21-23-51(24-22-50)34-13-14-36-37(25-34)44(58)53(43(36)57)39-15-16-40(54)48-42(39)56/h3-5,8-10,13-14,25-26,30,32-33,39H,2,6-7,11-12,15-24H2,1H3,(H,47,55)(H,48,54,56). The molecule has 4 heterocycles. The number of amides is 5. The van der Waals surface area contributed by atoms with Crippen molar-refractivity contribution in [3.8, 4) is 6.07 Å². The van der Waals surface area contributed by atoms with Crippen LogP contribution < -0.4 is 25.3 Å². The van der Waals surface area contributed by atoms with Gasteiger partial charge in [0.1, 0.15) is 12.1 Å². The van der Waals surface area contributed by atoms with Gasteiger partial charge in [0.2, 0.25) is 11.8 Å². The highest BCUT2D eigenvalue weighted by atomic mass is 35.5. The van der Waals surface area contributed by atoms with Crippen LogP contribution in [0.15, 0.2) is 60.7 Å². The first kappa shape index (κ1) is 39.4. The summed E-state index contributed by atoms with van der Waals surface area (Å²) in [5.74, 6) is -2.01. The normalized spacial score (nSPS) is 23.1. The molecule has 3 aromatic rings. The first-order chi connectivity index (χ1) is 28.1. The van der Waals surface area contributed by atoms with Crippen molar-refractivity contribution in [2.75, 3.05) is 60.5 Å². The Hall–Kier alpha value is -5.45. The fourth-order valence-electron chi connectivity index (χ4n) is 9.54. The SMILES string of the molecule is CCN(c1ccc(C#N)c(Cl)c1)C1CCC(NC(=O)c2ccc(N3CCC(N4CCN(c5ccc6c(c5)C(=O)N(C5CCC(=O)NC5=O)C6=O)CC4)CC3)cc2)CC1. The van der Waals surface area contributed by atoms with Gasteiger partial charge in [-0.1, -0.05) is 11.6 Å². The molecule has 4 fully saturated rings. The van der Waals surface area contributed by atoms with Crippen LogP contribution >= 0.6 is 11.6 Å². The summed E-state index contributed by atoms with van der Waals surface area (Å²) in [7, 11) is 0. The molecule has 0 bridgehead atoms. The van der Waals surface area contributed by atoms with Crippen molar-refractivity contribution in [2.45, 2.75) is 82.5 Å². The fraction of sp³-hybridized carbons (Fsp3) is 0.455. The van der Waals surface area contributed by atoms with Gasteiger partial charge in [-0.15, -0.1) is 0 Å². The number of nitrogens with zero attached hydrogens (tertiary/aromatic N) is 6. The molecule has 13 nitrogen and oxygen atoms in total. The average molecular weight is 805 g/mol. The average Bonchev–Trinajstić information content (AvgIpc) is 3.49. The summed E-state index contributed by atoms with van der Waals surface area (Å²) in [6.07, 6.45) is 6.07. The number of rotatable bonds is 9. The van der Waals surface area contributed by atoms with Crippen LogP contribution in [0.3, 0.4) is 0 Å². The molecule has 0 spiro atoms. The Labute approximate surface area is 343 Å². The van der Waals surface area contributed by atoms with Crippen molar-refractivity contribution in [1.82, 2.24) is 20.4 Å². The van der Waals surface area contributed by atoms with Gasteiger partial charge < -0.3 is 20.0 Å². The fourth-order valence-corrected chi connectivity index (χ4v) is 9.76. The number of fused-ring (bicyclic) bond motifs is 1. The molecule has 8 rings (SSSR count). The topological polar surface area (TPSA) is 149 Å². The number of nitrogens with one attached hydrogen (secondary N) is 2. The third-order valence-electron chi connectivity index (χ3n) is 12.8. The van der Waals surface area contributed by atoms with E-state index in [1.807, 2.05) is 30.3 Å². The molecule has 2 N–H and O–H groups in total. The molecule has 3 saturated heterocycles. The number of carbonyl (C=O) groups is 5. The van der Waals surface area contributed by atoms with E-state index in [0.29, 0.717) is 39.4 Å². The van der Waals surface area contributed by atoms with E-state index in [0.717, 1.165) is 106 Å². The van der Waals surface area contributed by atoms with Crippen LogP contribution in [0.1, 0.15) is 94.9 Å². The number of benzene rings is 3. The number of nitriles is 1. The molecule has 4 aliphatic heterocycles. The molecule has 58 heavy (non-hydrogen) atoms. The number of hydrogen-bond acceptors (Lipinski definition) is 10. The second kappa shape index (κ2) is 16.8. The lowest BCUT2D eigenvalue weighted by Crippen LogP contribution is -2.54. The van der Waals surface area contributed by atoms with Crippen molar-refractivity contribution in [3.63, 3.8) is 0 Å². The second-order valence-electron chi connectivity index (χ2n) is 16.0. The van der Waals surface area contributed by atoms with E-state index >= 15 is 0 Å². The minimum Gasteiger partial charge on any atom is -0.371 e. The van der Waals surface area contributed by atoms with Gasteiger partial charge in [-0.25, -0.2) is 0 Å². The maximum Gasteiger partial charge on any atom is 0.262 e. The van der Waals surface area contributed by atoms with Gasteiger partial charge in [0.15, 0.2) is 0 Å². The Morgan fingerprint density at radius 2 is 1.48 bits per heavy atom. The molecule has 1 atom stereocenters. The Balaban J connectivity index is 0.779. The van der Waals surface area contributed by atoms with Gasteiger partial charge in [-0.05, 0) is 113 Å². The zero-order chi connectivity index (χ0) is 40.5. The number of piperidine rings is 2. The van der Waals surface area contributed by atoms with Gasteiger partial charge in [0.25, 0.3) is 17.7 Å². The number of piperazine rings is 1. The summed E-state index contributed by atoms with van der Waals surface area (Å²) < 4.78 is 0. The number of carbonyl (C=O) groups excluding carboxylic acids is 5. The van der Waals surface area contributed by atoms with Gasteiger partial charge in [0.05, 0.1) is 21.7 Å². The highest BCUT2D eigenvalue weighted by Gasteiger charge is 2.45. The highest BCUT2D eigenvalue weighted by Crippen LogP contribution is 2.33. The molecule has 5 amide bonds. The third-order valence-corrected chi connectivity index (χ3v) is 13.1. The molecule has 0 aromatic heterocycles. The molecule has 3 aromatic carbocycles. The Kier molecular flexibility index (Phi) is 11.4. The summed E-state index contributed by atoms with van der Waals surface area (Å²) in [4.78, 5) is 74.4. The van der Waals surface area contributed by atoms with E-state index in [-0.39, 0.29) is 24.8 Å². The largest absolute Gasteiger partial charge is 0.371 e. The summed E-state index contributed by atoms with van der Waals surface area (Å²) >= 11 is 6.33. The molecule has 5 aliphatic rings. The van der Waals surface area contributed by atoms with Crippen LogP contribution in [0.25, 0.3) is 0 Å². The van der Waals surface area contributed by atoms with Gasteiger partial charge in [-0.3, -0.25) is 39.1 Å². The number of anilines is 3. The van der Waals surface area contributed by atoms with E-state index in [1.165, 1.54) is 0 Å². The van der Waals surface area contributed by atoms with Crippen LogP contribution in [0.2, 0.25) is 5.02 Å². The summed E-state index contributed by atoms with van der Waals surface area (Å²) in [6.45, 7) is 8.24. The first-order valence-electron chi connectivity index (χ1n) is 20.6. The van der Waals surface area contributed by atoms with Crippen LogP contribution in [-0.4, -0.2) is 109 Å². The molecule has 14 heteroatoms. The maximum atomic E-state index is 13.3. The molecule has 0 radical (unpaired) electrons. The van der Waals surface area contributed by atoms with Gasteiger partial charge in [0, 0.05) is 93.0 Å². The predicted octanol–water partition coefficient (Wildman–Crippen LogP) is 4.97. The van der Waals surface area contributed by atoms with E-state index in [2.05, 4.69) is 55.4 Å². The number of hydrogen-bond donors (Lipinski definition) is 2. The van der Waals surface area contributed by atoms with Crippen LogP contribution in [-0.2, 0) is 9.59 Å². The van der Waals surface area contributed by atoms with Crippen molar-refractivity contribution >= 4 is 58.2 Å². The molecular weight excluding hydrogens is 756 g/mol. The van der Waals surface area contributed by atoms with Crippen molar-refractivity contribution in [2.24, 2.45) is 0 Å². The first-order valence-corrected chi connectivity index (χ1v) is 21.0. The monoisotopic (exact) mass is 804 g/mol. The Bertz CT molecular complexity index is 2130. The highest BCUT2D eigenvalue weighted by molar-refractivity contribution is 6.32. The molecule has 302 valence electrons. The molecular formula is C44H49ClN8O5. The number of imide groups is 2. The smallest absolute Gasteiger partial charge is 0.262 e. The lowest BCUT2D eigenvalue weighted by molar-refractivity contribution is -0.136. The molecule has 1 unspecified atom stereocenters. The lowest BCUT2D eigenvalue weighted by atomic mass is 9.89. The lowest BCUT2D eigenvalue weighted by Gasteiger charge is -2.44. The zero-order valence-electron chi connectivity index (χ0n) is 32.8. The Morgan fingerprint density at radius 1 is 0.810 bits per heavy atom. The molecule has 1 saturated carbocycles. The van der Waals surface area contributed by atoms with Crippen LogP contribution in [0.5, 0.6) is 0 Å². The van der Waals surface area contributed by atoms with E-state index < -0.39 is 29.7 Å². The second-order valence-corrected chi connectivity index (χ2v) is 16.4. The Morgan fingerprint density at radius 3 is 2.14 bits per heavy atom. The summed E-state index contributed by atoms with van der Waals surface area (Å²) in [5.41, 5.74) is 4.80. The van der Waals surface area contributed by atoms with E-state index in [4.69, 9.17) is 11.6 Å². The van der Waals surface area contributed by atoms with Crippen molar-refractivity contribution in [3.05, 3.63) is 87.9 Å². The summed E-state index contributed by atoms with van der Waals surface area (Å²) in [6, 6.07) is 21.1. The van der Waals surface area contributed by atoms with Crippen molar-refractivity contribution < 1.29 is 24.0 Å². The zero-order valence-corrected chi connectivity index (χ0v) is 33.5. The van der Waals surface area contributed by atoms with Crippen LogP contribution in [0.4, 0.5) is 17.1 Å². The van der Waals surface area contributed by atoms with Crippen molar-refractivity contribution in [1.29, 1.82) is 5.26 Å². The minimum absolute atomic E-state index is 0.0340. The number of halogens is 1. The minimum atomic E-state index is -0.973. The van der Waals surface area contributed by atoms with Gasteiger partial charge in [-0.2, -0.15) is 5.26 Å². The summed E-state index contributed by atoms with van der Waals surface area (Å²) in [5, 5.41) is 15.2. The van der Waals surface area contributed by atoms with E-state index in [1.54, 1.807) is 18.2 Å².